The maximum absolute atomic E-state index is 11.3. The summed E-state index contributed by atoms with van der Waals surface area (Å²) < 4.78 is 5.24. The van der Waals surface area contributed by atoms with Gasteiger partial charge in [0.15, 0.2) is 0 Å². The first-order valence-electron chi connectivity index (χ1n) is 24.7. The van der Waals surface area contributed by atoms with E-state index in [2.05, 4.69) is 120 Å². The third-order valence-electron chi connectivity index (χ3n) is 20.3. The second kappa shape index (κ2) is 10.9. The number of nitrogens with zero attached hydrogens (tertiary/aromatic N) is 4. The van der Waals surface area contributed by atoms with Crippen molar-refractivity contribution < 1.29 is 0 Å². The summed E-state index contributed by atoms with van der Waals surface area (Å²) in [4.78, 5) is 0. The lowest BCUT2D eigenvalue weighted by Crippen LogP contribution is -2.41. The Labute approximate surface area is 372 Å². The fourth-order valence-corrected chi connectivity index (χ4v) is 18.4. The summed E-state index contributed by atoms with van der Waals surface area (Å²) in [7, 11) is 0. The molecule has 5 saturated carbocycles. The van der Waals surface area contributed by atoms with Crippen LogP contribution in [-0.4, -0.2) is 8.97 Å². The van der Waals surface area contributed by atoms with E-state index in [4.69, 9.17) is 0 Å². The molecule has 64 heavy (non-hydrogen) atoms. The molecule has 0 saturated heterocycles. The normalized spacial score (nSPS) is 30.5. The van der Waals surface area contributed by atoms with Crippen molar-refractivity contribution in [2.24, 2.45) is 29.1 Å². The molecule has 0 aliphatic heterocycles. The van der Waals surface area contributed by atoms with Crippen LogP contribution < -0.4 is 0 Å². The molecule has 9 aliphatic carbocycles. The number of aromatic nitrogens is 2. The van der Waals surface area contributed by atoms with Gasteiger partial charge in [-0.1, -0.05) is 56.3 Å². The van der Waals surface area contributed by atoms with E-state index in [1.165, 1.54) is 174 Å². The molecule has 18 rings (SSSR count). The number of fused-ring (bicyclic) bond motifs is 19. The summed E-state index contributed by atoms with van der Waals surface area (Å²) in [6.07, 6.45) is 12.7. The van der Waals surface area contributed by atoms with E-state index in [1.54, 1.807) is 0 Å². The number of hydrogen-bond donors (Lipinski definition) is 0. The maximum Gasteiger partial charge on any atom is 0.0995 e. The molecule has 0 amide bonds. The molecule has 3 heterocycles. The zero-order valence-corrected chi connectivity index (χ0v) is 36.6. The van der Waals surface area contributed by atoms with E-state index < -0.39 is 0 Å². The Morgan fingerprint density at radius 3 is 1.89 bits per heavy atom. The van der Waals surface area contributed by atoms with E-state index in [1.807, 2.05) is 0 Å². The first-order chi connectivity index (χ1) is 31.3. The van der Waals surface area contributed by atoms with Crippen LogP contribution in [0.5, 0.6) is 0 Å². The summed E-state index contributed by atoms with van der Waals surface area (Å²) in [5.74, 6) is 5.02. The number of rotatable bonds is 1. The van der Waals surface area contributed by atoms with Crippen LogP contribution in [0.15, 0.2) is 84.9 Å². The monoisotopic (exact) mass is 824 g/mol. The number of hydrogen-bond acceptors (Lipinski definition) is 2. The Balaban J connectivity index is 1.13. The smallest absolute Gasteiger partial charge is 0.0995 e. The molecule has 5 fully saturated rings. The van der Waals surface area contributed by atoms with Gasteiger partial charge in [0.2, 0.25) is 0 Å². The maximum atomic E-state index is 11.3. The quantitative estimate of drug-likeness (QED) is 0.166. The van der Waals surface area contributed by atoms with Gasteiger partial charge in [-0.25, -0.2) is 0 Å². The molecule has 1 spiro atoms. The third-order valence-corrected chi connectivity index (χ3v) is 20.3. The average molecular weight is 825 g/mol. The van der Waals surface area contributed by atoms with Crippen LogP contribution in [0, 0.1) is 51.7 Å². The Kier molecular flexibility index (Phi) is 5.83. The highest BCUT2D eigenvalue weighted by atomic mass is 15.0. The van der Waals surface area contributed by atoms with Crippen LogP contribution in [0.4, 0.5) is 0 Å². The van der Waals surface area contributed by atoms with Crippen molar-refractivity contribution in [3.63, 3.8) is 0 Å². The highest BCUT2D eigenvalue weighted by Gasteiger charge is 2.66. The lowest BCUT2D eigenvalue weighted by molar-refractivity contribution is 0.00322. The second-order valence-corrected chi connectivity index (χ2v) is 23.1. The highest BCUT2D eigenvalue weighted by molar-refractivity contribution is 6.35. The van der Waals surface area contributed by atoms with Crippen molar-refractivity contribution >= 4 is 59.9 Å². The lowest BCUT2D eigenvalue weighted by Gasteiger charge is -2.48. The summed E-state index contributed by atoms with van der Waals surface area (Å²) in [6.45, 7) is 4.83. The van der Waals surface area contributed by atoms with Crippen LogP contribution in [0.3, 0.4) is 0 Å². The van der Waals surface area contributed by atoms with Crippen molar-refractivity contribution in [1.29, 1.82) is 10.5 Å². The molecule has 7 unspecified atom stereocenters. The molecule has 7 atom stereocenters. The van der Waals surface area contributed by atoms with Crippen LogP contribution in [0.2, 0.25) is 0 Å². The van der Waals surface area contributed by atoms with Gasteiger partial charge in [0.25, 0.3) is 0 Å². The predicted octanol–water partition coefficient (Wildman–Crippen LogP) is 14.8. The van der Waals surface area contributed by atoms with Crippen LogP contribution in [-0.2, 0) is 5.41 Å². The fourth-order valence-electron chi connectivity index (χ4n) is 18.4. The summed E-state index contributed by atoms with van der Waals surface area (Å²) in [5, 5.41) is 30.7. The molecule has 308 valence electrons. The van der Waals surface area contributed by atoms with Gasteiger partial charge >= 0.3 is 0 Å². The molecule has 3 aromatic heterocycles. The van der Waals surface area contributed by atoms with Gasteiger partial charge in [0.05, 0.1) is 50.8 Å². The minimum absolute atomic E-state index is 0.127. The van der Waals surface area contributed by atoms with Gasteiger partial charge < -0.3 is 8.97 Å². The van der Waals surface area contributed by atoms with Gasteiger partial charge in [-0.05, 0) is 204 Å². The molecule has 6 aromatic carbocycles. The average Bonchev–Trinajstić information content (AvgIpc) is 4.07. The largest absolute Gasteiger partial charge is 0.309 e. The van der Waals surface area contributed by atoms with Crippen molar-refractivity contribution in [3.8, 4) is 29.0 Å². The topological polar surface area (TPSA) is 56.9 Å². The fraction of sp³-hybridized carbons (Fsp3) is 0.367. The molecular weight excluding hydrogens is 777 g/mol. The van der Waals surface area contributed by atoms with E-state index in [-0.39, 0.29) is 5.41 Å². The second-order valence-electron chi connectivity index (χ2n) is 23.1. The number of para-hydroxylation sites is 1. The van der Waals surface area contributed by atoms with Crippen molar-refractivity contribution in [1.82, 2.24) is 8.97 Å². The molecule has 0 radical (unpaired) electrons. The van der Waals surface area contributed by atoms with E-state index >= 15 is 0 Å². The van der Waals surface area contributed by atoms with E-state index in [9.17, 15) is 10.5 Å². The molecule has 9 aromatic rings. The minimum Gasteiger partial charge on any atom is -0.309 e. The summed E-state index contributed by atoms with van der Waals surface area (Å²) >= 11 is 0. The Morgan fingerprint density at radius 1 is 0.516 bits per heavy atom. The van der Waals surface area contributed by atoms with Crippen LogP contribution >= 0.6 is 0 Å². The molecule has 9 aliphatic rings. The van der Waals surface area contributed by atoms with Gasteiger partial charge in [0.1, 0.15) is 0 Å². The minimum atomic E-state index is -0.127. The third kappa shape index (κ3) is 3.65. The molecule has 4 heteroatoms. The SMILES string of the molecule is CC1(C)c2ccccc2-c2cc3c(cc21)c1cc2c4c5c(c(C#N)cc4n4c6cc(C#N)c7c(c6c(c1n3-c1ccccc1)c24)C1CC2CC3CC7CC32C1)C1CC2CC(C1)CC5C2. The van der Waals surface area contributed by atoms with Gasteiger partial charge in [-0.15, -0.1) is 0 Å². The van der Waals surface area contributed by atoms with Crippen molar-refractivity contribution in [2.45, 2.75) is 107 Å². The van der Waals surface area contributed by atoms with Crippen LogP contribution in [0.1, 0.15) is 146 Å². The molecule has 0 N–H and O–H groups in total. The van der Waals surface area contributed by atoms with Crippen molar-refractivity contribution in [2.75, 3.05) is 0 Å². The Morgan fingerprint density at radius 2 is 1.16 bits per heavy atom. The van der Waals surface area contributed by atoms with E-state index in [0.717, 1.165) is 34.8 Å². The van der Waals surface area contributed by atoms with Gasteiger partial charge in [0, 0.05) is 43.4 Å². The first-order valence-corrected chi connectivity index (χ1v) is 24.7. The summed E-state index contributed by atoms with van der Waals surface area (Å²) in [6, 6.07) is 38.4. The van der Waals surface area contributed by atoms with Crippen molar-refractivity contribution in [3.05, 3.63) is 129 Å². The zero-order valence-electron chi connectivity index (χ0n) is 36.6. The standard InChI is InChI=1S/C60H48N4/c1-59(2)45-11-7-6-10-40(45)41-24-47-42(23-46(41)59)43-22-44-54-48(19-35(27-61)50-31-13-29-12-30(14-31)16-32(15-29)52(50)54)64-49-20-36(28-62)51-33-17-37-21-38-18-34(26-60(37,38)25-33)53(51)55(49)56(58(44)64)57(43)63(47)39-8-4-3-5-9-39/h3-11,19-20,22-24,29-34,37-38H,12-18,21,25-26H2,1-2H3. The van der Waals surface area contributed by atoms with Crippen LogP contribution in [0.25, 0.3) is 76.7 Å². The highest BCUT2D eigenvalue weighted by Crippen LogP contribution is 2.77. The zero-order chi connectivity index (χ0) is 41.9. The lowest BCUT2D eigenvalue weighted by atomic mass is 9.56. The Bertz CT molecular complexity index is 3790. The Hall–Kier alpha value is -6.10. The molecular formula is C60H48N4. The van der Waals surface area contributed by atoms with Gasteiger partial charge in [-0.3, -0.25) is 0 Å². The van der Waals surface area contributed by atoms with E-state index in [0.29, 0.717) is 29.1 Å². The molecule has 7 bridgehead atoms. The summed E-state index contributed by atoms with van der Waals surface area (Å²) in [5.41, 5.74) is 20.9. The molecule has 4 nitrogen and oxygen atoms in total. The number of nitriles is 2. The first kappa shape index (κ1) is 34.3. The van der Waals surface area contributed by atoms with Gasteiger partial charge in [-0.2, -0.15) is 10.5 Å². The predicted molar refractivity (Wildman–Crippen MR) is 256 cm³/mol. The number of benzene rings is 6.